The van der Waals surface area contributed by atoms with E-state index in [9.17, 15) is 19.5 Å². The molecule has 4 heterocycles. The SMILES string of the molecule is COCCc1c(CO)c2ccc3c(c2oc1=O)[C@H]1OC(=O)C[C@H](CCC(C)C)Cc2ccc(cc2)CCC(=C(C)C)C(=O)O[C@H]1C(C)(C)O3. The second-order valence-corrected chi connectivity index (χ2v) is 14.6. The summed E-state index contributed by atoms with van der Waals surface area (Å²) in [6.45, 7) is 11.5. The Bertz CT molecular complexity index is 1760. The van der Waals surface area contributed by atoms with Gasteiger partial charge in [0.25, 0.3) is 0 Å². The molecule has 49 heavy (non-hydrogen) atoms. The second kappa shape index (κ2) is 15.3. The maximum atomic E-state index is 14.1. The minimum absolute atomic E-state index is 0.0223. The van der Waals surface area contributed by atoms with Gasteiger partial charge in [0, 0.05) is 36.5 Å². The van der Waals surface area contributed by atoms with Crippen LogP contribution in [0.5, 0.6) is 5.75 Å². The summed E-state index contributed by atoms with van der Waals surface area (Å²) in [6, 6.07) is 11.9. The van der Waals surface area contributed by atoms with Gasteiger partial charge in [-0.2, -0.15) is 0 Å². The lowest BCUT2D eigenvalue weighted by Crippen LogP contribution is -2.52. The standard InChI is InChI=1S/C40H50O9/c1-23(2)8-9-27-20-26-12-10-25(11-13-26)14-15-28(24(3)4)38(43)48-37-36(46-33(42)21-27)34-32(49-40(37,5)6)17-16-29-31(22-41)30(18-19-45-7)39(44)47-35(29)34/h10-13,16-17,23,27,36-37,41H,8-9,14-15,18-22H2,1-7H3/t27-,36-,37-/m1/s1. The molecule has 1 N–H and O–H groups in total. The van der Waals surface area contributed by atoms with Gasteiger partial charge in [0.05, 0.1) is 18.8 Å². The molecule has 6 rings (SSSR count). The first kappa shape index (κ1) is 36.3. The van der Waals surface area contributed by atoms with Crippen LogP contribution in [0.4, 0.5) is 0 Å². The number of fused-ring (bicyclic) bond motifs is 13. The van der Waals surface area contributed by atoms with E-state index in [1.807, 2.05) is 13.8 Å². The van der Waals surface area contributed by atoms with Gasteiger partial charge in [-0.15, -0.1) is 0 Å². The van der Waals surface area contributed by atoms with Crippen LogP contribution in [-0.4, -0.2) is 42.5 Å². The highest BCUT2D eigenvalue weighted by atomic mass is 16.6. The molecule has 9 nitrogen and oxygen atoms in total. The molecule has 1 aromatic heterocycles. The Balaban J connectivity index is 1.67. The molecule has 2 aromatic carbocycles. The molecule has 0 aliphatic carbocycles. The molecular weight excluding hydrogens is 624 g/mol. The summed E-state index contributed by atoms with van der Waals surface area (Å²) < 4.78 is 30.3. The third kappa shape index (κ3) is 8.10. The largest absolute Gasteiger partial charge is 0.483 e. The van der Waals surface area contributed by atoms with Gasteiger partial charge in [0.15, 0.2) is 12.2 Å². The lowest BCUT2D eigenvalue weighted by Gasteiger charge is -2.43. The summed E-state index contributed by atoms with van der Waals surface area (Å²) in [4.78, 5) is 41.5. The van der Waals surface area contributed by atoms with Gasteiger partial charge < -0.3 is 28.5 Å². The zero-order chi connectivity index (χ0) is 35.5. The van der Waals surface area contributed by atoms with Crippen molar-refractivity contribution in [3.8, 4) is 5.75 Å². The average Bonchev–Trinajstić information content (AvgIpc) is 3.03. The van der Waals surface area contributed by atoms with E-state index in [2.05, 4.69) is 38.1 Å². The van der Waals surface area contributed by atoms with Crippen molar-refractivity contribution in [3.63, 3.8) is 0 Å². The first-order valence-electron chi connectivity index (χ1n) is 17.4. The number of methoxy groups -OCH3 is 1. The van der Waals surface area contributed by atoms with E-state index >= 15 is 0 Å². The highest BCUT2D eigenvalue weighted by Gasteiger charge is 2.50. The van der Waals surface area contributed by atoms with Crippen LogP contribution in [0.15, 0.2) is 56.8 Å². The zero-order valence-corrected chi connectivity index (χ0v) is 29.9. The van der Waals surface area contributed by atoms with E-state index in [-0.39, 0.29) is 30.9 Å². The molecule has 3 aliphatic rings. The van der Waals surface area contributed by atoms with Crippen molar-refractivity contribution < 1.29 is 38.1 Å². The summed E-state index contributed by atoms with van der Waals surface area (Å²) >= 11 is 0. The predicted molar refractivity (Wildman–Crippen MR) is 186 cm³/mol. The smallest absolute Gasteiger partial charge is 0.339 e. The molecule has 9 heteroatoms. The average molecular weight is 675 g/mol. The van der Waals surface area contributed by atoms with Gasteiger partial charge in [-0.25, -0.2) is 9.59 Å². The van der Waals surface area contributed by atoms with Crippen molar-refractivity contribution in [3.05, 3.63) is 85.8 Å². The third-order valence-electron chi connectivity index (χ3n) is 9.78. The molecule has 0 spiro atoms. The molecule has 3 aliphatic heterocycles. The number of hydrogen-bond donors (Lipinski definition) is 1. The fourth-order valence-corrected chi connectivity index (χ4v) is 7.01. The molecule has 0 unspecified atom stereocenters. The highest BCUT2D eigenvalue weighted by Crippen LogP contribution is 2.47. The number of esters is 2. The van der Waals surface area contributed by atoms with E-state index in [4.69, 9.17) is 23.4 Å². The zero-order valence-electron chi connectivity index (χ0n) is 29.9. The summed E-state index contributed by atoms with van der Waals surface area (Å²) in [6.07, 6.45) is 1.79. The van der Waals surface area contributed by atoms with Crippen LogP contribution in [0.1, 0.15) is 101 Å². The number of aryl methyl sites for hydroxylation is 1. The van der Waals surface area contributed by atoms with Gasteiger partial charge in [0.1, 0.15) is 16.9 Å². The number of aliphatic hydroxyl groups is 1. The molecule has 0 amide bonds. The number of rotatable bonds is 7. The molecule has 0 saturated heterocycles. The van der Waals surface area contributed by atoms with E-state index < -0.39 is 42.0 Å². The number of ether oxygens (including phenoxy) is 4. The summed E-state index contributed by atoms with van der Waals surface area (Å²) in [5.41, 5.74) is 2.96. The number of aliphatic hydroxyl groups excluding tert-OH is 1. The van der Waals surface area contributed by atoms with Crippen LogP contribution in [-0.2, 0) is 49.7 Å². The molecule has 3 aromatic rings. The number of hydrogen-bond acceptors (Lipinski definition) is 9. The predicted octanol–water partition coefficient (Wildman–Crippen LogP) is 7.11. The fourth-order valence-electron chi connectivity index (χ4n) is 7.01. The topological polar surface area (TPSA) is 122 Å². The normalized spacial score (nSPS) is 21.2. The quantitative estimate of drug-likeness (QED) is 0.159. The Morgan fingerprint density at radius 3 is 2.33 bits per heavy atom. The lowest BCUT2D eigenvalue weighted by molar-refractivity contribution is -0.188. The van der Waals surface area contributed by atoms with Crippen molar-refractivity contribution in [2.24, 2.45) is 11.8 Å². The number of benzene rings is 2. The molecule has 2 bridgehead atoms. The van der Waals surface area contributed by atoms with Gasteiger partial charge in [-0.05, 0) is 94.0 Å². The van der Waals surface area contributed by atoms with Crippen molar-refractivity contribution in [2.45, 2.75) is 111 Å². The van der Waals surface area contributed by atoms with E-state index in [1.165, 1.54) is 7.11 Å². The summed E-state index contributed by atoms with van der Waals surface area (Å²) in [5, 5.41) is 10.9. The van der Waals surface area contributed by atoms with Crippen molar-refractivity contribution in [2.75, 3.05) is 13.7 Å². The van der Waals surface area contributed by atoms with Crippen LogP contribution >= 0.6 is 0 Å². The van der Waals surface area contributed by atoms with Crippen LogP contribution in [0.2, 0.25) is 0 Å². The maximum absolute atomic E-state index is 14.1. The number of allylic oxidation sites excluding steroid dienone is 1. The van der Waals surface area contributed by atoms with Crippen molar-refractivity contribution in [1.82, 2.24) is 0 Å². The van der Waals surface area contributed by atoms with Gasteiger partial charge in [0.2, 0.25) is 0 Å². The Hall–Kier alpha value is -3.95. The van der Waals surface area contributed by atoms with E-state index in [1.54, 1.807) is 26.0 Å². The van der Waals surface area contributed by atoms with E-state index in [0.29, 0.717) is 52.2 Å². The molecule has 0 fully saturated rings. The molecule has 3 atom stereocenters. The van der Waals surface area contributed by atoms with Crippen LogP contribution in [0.3, 0.4) is 0 Å². The molecular formula is C40H50O9. The molecule has 0 saturated carbocycles. The first-order valence-corrected chi connectivity index (χ1v) is 17.4. The third-order valence-corrected chi connectivity index (χ3v) is 9.78. The first-order chi connectivity index (χ1) is 23.3. The van der Waals surface area contributed by atoms with Gasteiger partial charge in [-0.1, -0.05) is 50.1 Å². The molecule has 0 radical (unpaired) electrons. The lowest BCUT2D eigenvalue weighted by atomic mass is 9.85. The Morgan fingerprint density at radius 1 is 0.959 bits per heavy atom. The maximum Gasteiger partial charge on any atom is 0.339 e. The minimum atomic E-state index is -1.16. The van der Waals surface area contributed by atoms with Gasteiger partial charge in [-0.3, -0.25) is 4.79 Å². The van der Waals surface area contributed by atoms with Crippen molar-refractivity contribution in [1.29, 1.82) is 0 Å². The summed E-state index contributed by atoms with van der Waals surface area (Å²) in [5.74, 6) is -0.142. The monoisotopic (exact) mass is 674 g/mol. The second-order valence-electron chi connectivity index (χ2n) is 14.6. The minimum Gasteiger partial charge on any atom is -0.483 e. The van der Waals surface area contributed by atoms with Crippen molar-refractivity contribution >= 4 is 22.9 Å². The Morgan fingerprint density at radius 2 is 1.67 bits per heavy atom. The molecule has 264 valence electrons. The van der Waals surface area contributed by atoms with Gasteiger partial charge >= 0.3 is 17.6 Å². The van der Waals surface area contributed by atoms with Crippen LogP contribution < -0.4 is 10.4 Å². The highest BCUT2D eigenvalue weighted by molar-refractivity contribution is 5.90. The summed E-state index contributed by atoms with van der Waals surface area (Å²) in [7, 11) is 1.53. The number of carbonyl (C=O) groups is 2. The fraction of sp³-hybridized carbons (Fsp3) is 0.525. The Kier molecular flexibility index (Phi) is 11.3. The van der Waals surface area contributed by atoms with E-state index in [0.717, 1.165) is 36.0 Å². The van der Waals surface area contributed by atoms with Crippen LogP contribution in [0.25, 0.3) is 11.0 Å². The van der Waals surface area contributed by atoms with Crippen LogP contribution in [0, 0.1) is 11.8 Å². The number of carbonyl (C=O) groups excluding carboxylic acids is 2. The Labute approximate surface area is 288 Å².